The minimum Gasteiger partial charge on any atom is -0.378 e. The Labute approximate surface area is 174 Å². The summed E-state index contributed by atoms with van der Waals surface area (Å²) in [5.41, 5.74) is 4.84. The van der Waals surface area contributed by atoms with Gasteiger partial charge < -0.3 is 10.6 Å². The predicted molar refractivity (Wildman–Crippen MR) is 118 cm³/mol. The predicted octanol–water partition coefficient (Wildman–Crippen LogP) is 5.90. The number of unbranched alkanes of at least 4 members (excludes halogenated alkanes) is 2. The lowest BCUT2D eigenvalue weighted by molar-refractivity contribution is 0.0952. The molecule has 0 saturated heterocycles. The van der Waals surface area contributed by atoms with Gasteiger partial charge in [0, 0.05) is 17.8 Å². The number of nitrogens with one attached hydrogen (secondary N) is 2. The summed E-state index contributed by atoms with van der Waals surface area (Å²) in [5, 5.41) is 6.97. The fourth-order valence-electron chi connectivity index (χ4n) is 6.30. The summed E-state index contributed by atoms with van der Waals surface area (Å²) in [4.78, 5) is 12.7. The lowest BCUT2D eigenvalue weighted by atomic mass is 9.68. The molecule has 2 aromatic carbocycles. The highest BCUT2D eigenvalue weighted by Crippen LogP contribution is 2.63. The number of rotatable bonds is 6. The van der Waals surface area contributed by atoms with E-state index in [4.69, 9.17) is 0 Å². The van der Waals surface area contributed by atoms with Crippen LogP contribution in [0, 0.1) is 17.8 Å². The molecule has 0 unspecified atom stereocenters. The number of carbonyl (C=O) groups excluding carboxylic acids is 1. The van der Waals surface area contributed by atoms with Gasteiger partial charge in [0.2, 0.25) is 0 Å². The van der Waals surface area contributed by atoms with E-state index in [1.807, 2.05) is 6.07 Å². The van der Waals surface area contributed by atoms with E-state index in [1.165, 1.54) is 48.9 Å². The number of amides is 1. The zero-order valence-electron chi connectivity index (χ0n) is 17.4. The maximum absolute atomic E-state index is 12.7. The van der Waals surface area contributed by atoms with Crippen LogP contribution in [0.4, 0.5) is 5.69 Å². The Morgan fingerprint density at radius 2 is 1.90 bits per heavy atom. The molecule has 0 spiro atoms. The highest BCUT2D eigenvalue weighted by molar-refractivity contribution is 5.95. The van der Waals surface area contributed by atoms with Crippen LogP contribution in [0.5, 0.6) is 0 Å². The van der Waals surface area contributed by atoms with Crippen molar-refractivity contribution in [1.82, 2.24) is 5.32 Å². The van der Waals surface area contributed by atoms with Gasteiger partial charge in [0.05, 0.1) is 6.04 Å². The summed E-state index contributed by atoms with van der Waals surface area (Å²) in [6.45, 7) is 2.96. The highest BCUT2D eigenvalue weighted by atomic mass is 16.1. The van der Waals surface area contributed by atoms with E-state index in [9.17, 15) is 4.79 Å². The van der Waals surface area contributed by atoms with Gasteiger partial charge >= 0.3 is 0 Å². The largest absolute Gasteiger partial charge is 0.378 e. The number of fused-ring (bicyclic) bond motifs is 7. The maximum atomic E-state index is 12.7. The van der Waals surface area contributed by atoms with E-state index >= 15 is 0 Å². The molecule has 0 aromatic heterocycles. The first-order chi connectivity index (χ1) is 14.3. The molecule has 3 nitrogen and oxygen atoms in total. The zero-order chi connectivity index (χ0) is 19.8. The first-order valence-corrected chi connectivity index (χ1v) is 11.5. The molecule has 3 aliphatic rings. The Morgan fingerprint density at radius 1 is 1.07 bits per heavy atom. The Bertz CT molecular complexity index is 878. The molecule has 2 fully saturated rings. The van der Waals surface area contributed by atoms with E-state index < -0.39 is 0 Å². The molecule has 2 aromatic rings. The van der Waals surface area contributed by atoms with E-state index in [0.717, 1.165) is 30.4 Å². The summed E-state index contributed by atoms with van der Waals surface area (Å²) < 4.78 is 0. The van der Waals surface area contributed by atoms with Gasteiger partial charge in [-0.25, -0.2) is 0 Å². The molecule has 2 aliphatic carbocycles. The molecular formula is C26H32N2O. The van der Waals surface area contributed by atoms with Crippen LogP contribution in [0.3, 0.4) is 0 Å². The van der Waals surface area contributed by atoms with Crippen LogP contribution in [0.2, 0.25) is 0 Å². The molecular weight excluding hydrogens is 356 g/mol. The molecule has 1 amide bonds. The normalized spacial score (nSPS) is 29.1. The molecule has 0 radical (unpaired) electrons. The molecule has 1 heterocycles. The molecule has 152 valence electrons. The lowest BCUT2D eigenvalue weighted by Gasteiger charge is -2.43. The molecule has 1 aliphatic heterocycles. The first kappa shape index (κ1) is 18.7. The van der Waals surface area contributed by atoms with Gasteiger partial charge in [-0.1, -0.05) is 50.1 Å². The van der Waals surface area contributed by atoms with Crippen LogP contribution < -0.4 is 10.6 Å². The van der Waals surface area contributed by atoms with Crippen molar-refractivity contribution in [3.8, 4) is 0 Å². The second-order valence-corrected chi connectivity index (χ2v) is 9.23. The van der Waals surface area contributed by atoms with Crippen molar-refractivity contribution in [2.45, 2.75) is 57.4 Å². The van der Waals surface area contributed by atoms with Crippen molar-refractivity contribution in [1.29, 1.82) is 0 Å². The van der Waals surface area contributed by atoms with E-state index in [2.05, 4.69) is 60.0 Å². The zero-order valence-corrected chi connectivity index (χ0v) is 17.4. The monoisotopic (exact) mass is 388 g/mol. The molecule has 5 rings (SSSR count). The third kappa shape index (κ3) is 3.35. The number of hydrogen-bond acceptors (Lipinski definition) is 2. The molecule has 3 heteroatoms. The maximum Gasteiger partial charge on any atom is 0.251 e. The number of benzene rings is 2. The molecule has 5 atom stereocenters. The molecule has 29 heavy (non-hydrogen) atoms. The third-order valence-electron chi connectivity index (χ3n) is 7.57. The van der Waals surface area contributed by atoms with Gasteiger partial charge in [-0.2, -0.15) is 0 Å². The van der Waals surface area contributed by atoms with E-state index in [1.54, 1.807) is 0 Å². The van der Waals surface area contributed by atoms with Crippen LogP contribution >= 0.6 is 0 Å². The topological polar surface area (TPSA) is 41.1 Å². The van der Waals surface area contributed by atoms with Crippen molar-refractivity contribution in [2.75, 3.05) is 11.9 Å². The number of hydrogen-bond donors (Lipinski definition) is 2. The standard InChI is InChI=1S/C26H32N2O/c1-2-3-7-14-27-26(29)20-12-13-22-21(16-20)23-18-10-11-19(15-18)24(23)25(28-22)17-8-5-4-6-9-17/h4-6,8-9,12-13,16,18-19,23-25,28H,2-3,7,10-11,14-15H2,1H3,(H,27,29)/t18-,19-,23-,24+,25+/m0/s1. The number of anilines is 1. The summed E-state index contributed by atoms with van der Waals surface area (Å²) in [5.74, 6) is 2.89. The summed E-state index contributed by atoms with van der Waals surface area (Å²) in [7, 11) is 0. The second-order valence-electron chi connectivity index (χ2n) is 9.23. The van der Waals surface area contributed by atoms with Gasteiger partial charge in [0.1, 0.15) is 0 Å². The van der Waals surface area contributed by atoms with Crippen molar-refractivity contribution < 1.29 is 4.79 Å². The smallest absolute Gasteiger partial charge is 0.251 e. The van der Waals surface area contributed by atoms with Crippen molar-refractivity contribution in [3.63, 3.8) is 0 Å². The van der Waals surface area contributed by atoms with Gasteiger partial charge in [-0.15, -0.1) is 0 Å². The fraction of sp³-hybridized carbons (Fsp3) is 0.500. The Hall–Kier alpha value is -2.29. The van der Waals surface area contributed by atoms with Crippen LogP contribution in [0.15, 0.2) is 48.5 Å². The lowest BCUT2D eigenvalue weighted by Crippen LogP contribution is -2.35. The highest BCUT2D eigenvalue weighted by Gasteiger charge is 2.53. The Balaban J connectivity index is 1.44. The van der Waals surface area contributed by atoms with Crippen molar-refractivity contribution in [2.24, 2.45) is 17.8 Å². The van der Waals surface area contributed by atoms with Crippen LogP contribution in [0.25, 0.3) is 0 Å². The number of carbonyl (C=O) groups is 1. The molecule has 2 bridgehead atoms. The van der Waals surface area contributed by atoms with Gasteiger partial charge in [0.25, 0.3) is 5.91 Å². The molecule has 2 N–H and O–H groups in total. The van der Waals surface area contributed by atoms with Crippen molar-refractivity contribution in [3.05, 3.63) is 65.2 Å². The van der Waals surface area contributed by atoms with Gasteiger partial charge in [-0.05, 0) is 78.7 Å². The Kier molecular flexibility index (Phi) is 5.07. The average molecular weight is 389 g/mol. The fourth-order valence-corrected chi connectivity index (χ4v) is 6.30. The molecule has 2 saturated carbocycles. The van der Waals surface area contributed by atoms with Crippen LogP contribution in [-0.4, -0.2) is 12.5 Å². The van der Waals surface area contributed by atoms with E-state index in [0.29, 0.717) is 17.9 Å². The first-order valence-electron chi connectivity index (χ1n) is 11.5. The van der Waals surface area contributed by atoms with E-state index in [-0.39, 0.29) is 5.91 Å². The van der Waals surface area contributed by atoms with Crippen LogP contribution in [-0.2, 0) is 0 Å². The Morgan fingerprint density at radius 3 is 2.72 bits per heavy atom. The minimum atomic E-state index is 0.0776. The summed E-state index contributed by atoms with van der Waals surface area (Å²) in [6, 6.07) is 17.7. The minimum absolute atomic E-state index is 0.0776. The SMILES string of the molecule is CCCCCNC(=O)c1ccc2c(c1)[C@@H]1[C@H]3CC[C@@H](C3)[C@H]1[C@@H](c1ccccc1)N2. The third-order valence-corrected chi connectivity index (χ3v) is 7.57. The summed E-state index contributed by atoms with van der Waals surface area (Å²) in [6.07, 6.45) is 7.47. The quantitative estimate of drug-likeness (QED) is 0.605. The van der Waals surface area contributed by atoms with Crippen molar-refractivity contribution >= 4 is 11.6 Å². The average Bonchev–Trinajstić information content (AvgIpc) is 3.39. The van der Waals surface area contributed by atoms with Gasteiger partial charge in [0.15, 0.2) is 0 Å². The second kappa shape index (κ2) is 7.85. The summed E-state index contributed by atoms with van der Waals surface area (Å²) >= 11 is 0. The van der Waals surface area contributed by atoms with Gasteiger partial charge in [-0.3, -0.25) is 4.79 Å². The van der Waals surface area contributed by atoms with Crippen LogP contribution in [0.1, 0.15) is 78.9 Å².